The molecule has 1 heterocycles. The molecule has 1 aliphatic heterocycles. The van der Waals surface area contributed by atoms with Crippen molar-refractivity contribution in [1.29, 1.82) is 0 Å². The van der Waals surface area contributed by atoms with Gasteiger partial charge in [-0.2, -0.15) is 0 Å². The van der Waals surface area contributed by atoms with Crippen LogP contribution in [0.15, 0.2) is 0 Å². The average molecular weight is 143 g/mol. The molecule has 1 unspecified atom stereocenters. The summed E-state index contributed by atoms with van der Waals surface area (Å²) >= 11 is 0. The summed E-state index contributed by atoms with van der Waals surface area (Å²) in [6.45, 7) is 2.01. The van der Waals surface area contributed by atoms with E-state index in [9.17, 15) is 5.11 Å². The Bertz CT molecular complexity index is 85.3. The fourth-order valence-electron chi connectivity index (χ4n) is 1.48. The van der Waals surface area contributed by atoms with E-state index in [-0.39, 0.29) is 6.10 Å². The van der Waals surface area contributed by atoms with Crippen molar-refractivity contribution in [2.75, 3.05) is 20.1 Å². The number of rotatable bonds is 0. The smallest absolute Gasteiger partial charge is 0.0667 e. The van der Waals surface area contributed by atoms with Gasteiger partial charge in [0.15, 0.2) is 0 Å². The Morgan fingerprint density at radius 3 is 2.90 bits per heavy atom. The Labute approximate surface area is 62.8 Å². The van der Waals surface area contributed by atoms with Crippen LogP contribution < -0.4 is 0 Å². The lowest BCUT2D eigenvalue weighted by Gasteiger charge is -2.23. The highest BCUT2D eigenvalue weighted by Gasteiger charge is 2.10. The lowest BCUT2D eigenvalue weighted by molar-refractivity contribution is 0.105. The van der Waals surface area contributed by atoms with Crippen molar-refractivity contribution < 1.29 is 5.11 Å². The number of aliphatic hydroxyl groups excluding tert-OH is 1. The van der Waals surface area contributed by atoms with Crippen LogP contribution >= 0.6 is 0 Å². The second kappa shape index (κ2) is 3.94. The largest absolute Gasteiger partial charge is 0.392 e. The molecule has 2 heteroatoms. The molecule has 0 aromatic rings. The molecule has 0 radical (unpaired) electrons. The van der Waals surface area contributed by atoms with Crippen molar-refractivity contribution in [2.24, 2.45) is 0 Å². The van der Waals surface area contributed by atoms with Gasteiger partial charge in [-0.3, -0.25) is 0 Å². The van der Waals surface area contributed by atoms with E-state index >= 15 is 0 Å². The van der Waals surface area contributed by atoms with Crippen LogP contribution in [0.1, 0.15) is 25.7 Å². The molecule has 10 heavy (non-hydrogen) atoms. The molecule has 1 saturated heterocycles. The van der Waals surface area contributed by atoms with Gasteiger partial charge in [0.05, 0.1) is 6.10 Å². The summed E-state index contributed by atoms with van der Waals surface area (Å²) in [4.78, 5) is 2.21. The van der Waals surface area contributed by atoms with Gasteiger partial charge in [-0.25, -0.2) is 0 Å². The number of nitrogens with zero attached hydrogens (tertiary/aromatic N) is 1. The van der Waals surface area contributed by atoms with Crippen LogP contribution in [0.4, 0.5) is 0 Å². The standard InChI is InChI=1S/C8H17NO/c1-9-6-4-2-3-5-8(10)7-9/h8,10H,2-7H2,1H3. The molecule has 0 aromatic heterocycles. The number of likely N-dealkylation sites (tertiary alicyclic amines) is 1. The molecule has 0 saturated carbocycles. The first-order valence-corrected chi connectivity index (χ1v) is 4.15. The molecule has 1 fully saturated rings. The SMILES string of the molecule is CN1CCCCCC(O)C1. The van der Waals surface area contributed by atoms with E-state index in [1.807, 2.05) is 0 Å². The highest BCUT2D eigenvalue weighted by Crippen LogP contribution is 2.09. The zero-order chi connectivity index (χ0) is 7.40. The van der Waals surface area contributed by atoms with Crippen LogP contribution in [0, 0.1) is 0 Å². The molecular formula is C8H17NO. The normalized spacial score (nSPS) is 31.2. The minimum Gasteiger partial charge on any atom is -0.392 e. The van der Waals surface area contributed by atoms with Gasteiger partial charge >= 0.3 is 0 Å². The molecule has 0 aliphatic carbocycles. The second-order valence-corrected chi connectivity index (χ2v) is 3.27. The predicted octanol–water partition coefficient (Wildman–Crippen LogP) is 0.853. The first-order valence-electron chi connectivity index (χ1n) is 4.15. The number of hydrogen-bond acceptors (Lipinski definition) is 2. The quantitative estimate of drug-likeness (QED) is 0.543. The van der Waals surface area contributed by atoms with Gasteiger partial charge in [-0.15, -0.1) is 0 Å². The topological polar surface area (TPSA) is 23.5 Å². The second-order valence-electron chi connectivity index (χ2n) is 3.27. The third kappa shape index (κ3) is 2.67. The fourth-order valence-corrected chi connectivity index (χ4v) is 1.48. The zero-order valence-corrected chi connectivity index (χ0v) is 6.71. The summed E-state index contributed by atoms with van der Waals surface area (Å²) < 4.78 is 0. The minimum atomic E-state index is -0.0784. The van der Waals surface area contributed by atoms with Gasteiger partial charge in [-0.05, 0) is 26.4 Å². The molecule has 0 aromatic carbocycles. The van der Waals surface area contributed by atoms with Gasteiger partial charge in [0.1, 0.15) is 0 Å². The third-order valence-electron chi connectivity index (χ3n) is 2.10. The van der Waals surface area contributed by atoms with Gasteiger partial charge in [0, 0.05) is 6.54 Å². The summed E-state index contributed by atoms with van der Waals surface area (Å²) in [5, 5.41) is 9.34. The predicted molar refractivity (Wildman–Crippen MR) is 42.0 cm³/mol. The van der Waals surface area contributed by atoms with Crippen LogP contribution in [0.2, 0.25) is 0 Å². The Kier molecular flexibility index (Phi) is 3.16. The van der Waals surface area contributed by atoms with Crippen molar-refractivity contribution in [2.45, 2.75) is 31.8 Å². The summed E-state index contributed by atoms with van der Waals surface area (Å²) in [6.07, 6.45) is 4.69. The first kappa shape index (κ1) is 8.02. The van der Waals surface area contributed by atoms with E-state index < -0.39 is 0 Å². The average Bonchev–Trinajstić information content (AvgIpc) is 1.83. The van der Waals surface area contributed by atoms with Crippen molar-refractivity contribution in [3.63, 3.8) is 0 Å². The van der Waals surface area contributed by atoms with E-state index in [4.69, 9.17) is 0 Å². The summed E-state index contributed by atoms with van der Waals surface area (Å²) in [5.74, 6) is 0. The highest BCUT2D eigenvalue weighted by molar-refractivity contribution is 4.65. The molecule has 60 valence electrons. The van der Waals surface area contributed by atoms with E-state index in [0.717, 1.165) is 19.5 Å². The molecule has 0 spiro atoms. The number of β-amino-alcohol motifs (C(OH)–C–C–N with tert-alkyl or cyclic N) is 1. The maximum Gasteiger partial charge on any atom is 0.0667 e. The number of aliphatic hydroxyl groups is 1. The molecule has 1 atom stereocenters. The van der Waals surface area contributed by atoms with Crippen LogP contribution in [-0.2, 0) is 0 Å². The highest BCUT2D eigenvalue weighted by atomic mass is 16.3. The molecule has 1 N–H and O–H groups in total. The molecule has 0 amide bonds. The molecule has 1 rings (SSSR count). The van der Waals surface area contributed by atoms with Crippen molar-refractivity contribution in [3.8, 4) is 0 Å². The summed E-state index contributed by atoms with van der Waals surface area (Å²) in [7, 11) is 2.08. The van der Waals surface area contributed by atoms with Crippen LogP contribution in [0.25, 0.3) is 0 Å². The zero-order valence-electron chi connectivity index (χ0n) is 6.71. The Morgan fingerprint density at radius 1 is 1.30 bits per heavy atom. The van der Waals surface area contributed by atoms with Crippen LogP contribution in [0.3, 0.4) is 0 Å². The maximum atomic E-state index is 9.34. The van der Waals surface area contributed by atoms with E-state index in [1.54, 1.807) is 0 Å². The Morgan fingerprint density at radius 2 is 2.10 bits per heavy atom. The van der Waals surface area contributed by atoms with E-state index in [0.29, 0.717) is 0 Å². The minimum absolute atomic E-state index is 0.0784. The number of likely N-dealkylation sites (N-methyl/N-ethyl adjacent to an activating group) is 1. The summed E-state index contributed by atoms with van der Waals surface area (Å²) in [5.41, 5.74) is 0. The van der Waals surface area contributed by atoms with Crippen molar-refractivity contribution in [1.82, 2.24) is 4.90 Å². The van der Waals surface area contributed by atoms with Crippen molar-refractivity contribution in [3.05, 3.63) is 0 Å². The monoisotopic (exact) mass is 143 g/mol. The van der Waals surface area contributed by atoms with Gasteiger partial charge < -0.3 is 10.0 Å². The van der Waals surface area contributed by atoms with Gasteiger partial charge in [-0.1, -0.05) is 12.8 Å². The lowest BCUT2D eigenvalue weighted by Crippen LogP contribution is -2.31. The van der Waals surface area contributed by atoms with E-state index in [1.165, 1.54) is 19.3 Å². The van der Waals surface area contributed by atoms with Crippen LogP contribution in [-0.4, -0.2) is 36.2 Å². The first-order chi connectivity index (χ1) is 4.79. The lowest BCUT2D eigenvalue weighted by atomic mass is 10.1. The van der Waals surface area contributed by atoms with Gasteiger partial charge in [0.25, 0.3) is 0 Å². The molecule has 0 bridgehead atoms. The Hall–Kier alpha value is -0.0800. The molecular weight excluding hydrogens is 126 g/mol. The fraction of sp³-hybridized carbons (Fsp3) is 1.00. The van der Waals surface area contributed by atoms with Gasteiger partial charge in [0.2, 0.25) is 0 Å². The van der Waals surface area contributed by atoms with Crippen molar-refractivity contribution >= 4 is 0 Å². The molecule has 2 nitrogen and oxygen atoms in total. The molecule has 1 aliphatic rings. The Balaban J connectivity index is 2.25. The maximum absolute atomic E-state index is 9.34. The number of hydrogen-bond donors (Lipinski definition) is 1. The van der Waals surface area contributed by atoms with Crippen LogP contribution in [0.5, 0.6) is 0 Å². The van der Waals surface area contributed by atoms with E-state index in [2.05, 4.69) is 11.9 Å². The summed E-state index contributed by atoms with van der Waals surface area (Å²) in [6, 6.07) is 0. The third-order valence-corrected chi connectivity index (χ3v) is 2.10.